The minimum absolute atomic E-state index is 0.349. The Morgan fingerprint density at radius 1 is 1.30 bits per heavy atom. The highest BCUT2D eigenvalue weighted by molar-refractivity contribution is 5.95. The predicted octanol–water partition coefficient (Wildman–Crippen LogP) is -2.25. The third-order valence-electron chi connectivity index (χ3n) is 2.08. The molecule has 20 heavy (non-hydrogen) atoms. The number of hydrogen-bond acceptors (Lipinski definition) is 6. The molecule has 0 fully saturated rings. The van der Waals surface area contributed by atoms with Gasteiger partial charge < -0.3 is 26.2 Å². The van der Waals surface area contributed by atoms with Gasteiger partial charge in [-0.25, -0.2) is 9.59 Å². The van der Waals surface area contributed by atoms with Crippen molar-refractivity contribution >= 4 is 23.8 Å². The number of carbonyl (C=O) groups is 4. The molecule has 0 saturated carbocycles. The van der Waals surface area contributed by atoms with Crippen LogP contribution in [0, 0.1) is 0 Å². The van der Waals surface area contributed by atoms with Crippen molar-refractivity contribution in [3.05, 3.63) is 12.2 Å². The molecule has 0 aromatic heterocycles. The van der Waals surface area contributed by atoms with E-state index in [1.54, 1.807) is 0 Å². The number of methoxy groups -OCH3 is 1. The number of carboxylic acid groups (broad SMARTS) is 1. The fourth-order valence-electron chi connectivity index (χ4n) is 0.977. The molecule has 5 N–H and O–H groups in total. The lowest BCUT2D eigenvalue weighted by molar-refractivity contribution is -0.142. The highest BCUT2D eigenvalue weighted by Crippen LogP contribution is 1.87. The molecular formula is C11H17N3O6. The second-order valence-corrected chi connectivity index (χ2v) is 3.79. The molecule has 0 heterocycles. The van der Waals surface area contributed by atoms with Gasteiger partial charge in [-0.3, -0.25) is 9.59 Å². The zero-order valence-corrected chi connectivity index (χ0v) is 11.1. The largest absolute Gasteiger partial charge is 0.480 e. The summed E-state index contributed by atoms with van der Waals surface area (Å²) < 4.78 is 4.27. The number of ether oxygens (including phenoxy) is 1. The van der Waals surface area contributed by atoms with Gasteiger partial charge in [0.2, 0.25) is 11.8 Å². The van der Waals surface area contributed by atoms with Gasteiger partial charge in [-0.1, -0.05) is 0 Å². The first-order chi connectivity index (χ1) is 9.27. The van der Waals surface area contributed by atoms with Crippen LogP contribution in [-0.4, -0.2) is 54.6 Å². The van der Waals surface area contributed by atoms with Crippen molar-refractivity contribution in [2.24, 2.45) is 5.73 Å². The van der Waals surface area contributed by atoms with Crippen LogP contribution in [0.2, 0.25) is 0 Å². The zero-order valence-electron chi connectivity index (χ0n) is 11.1. The highest BCUT2D eigenvalue weighted by atomic mass is 16.5. The Labute approximate surface area is 115 Å². The molecule has 0 unspecified atom stereocenters. The van der Waals surface area contributed by atoms with Crippen molar-refractivity contribution in [1.82, 2.24) is 10.6 Å². The average Bonchev–Trinajstić information content (AvgIpc) is 2.39. The van der Waals surface area contributed by atoms with Crippen LogP contribution in [0.5, 0.6) is 0 Å². The Hall–Kier alpha value is -2.42. The summed E-state index contributed by atoms with van der Waals surface area (Å²) in [5.74, 6) is -3.40. The molecule has 0 spiro atoms. The van der Waals surface area contributed by atoms with E-state index in [1.807, 2.05) is 0 Å². The maximum atomic E-state index is 11.3. The molecule has 0 radical (unpaired) electrons. The van der Waals surface area contributed by atoms with E-state index in [2.05, 4.69) is 15.4 Å². The number of aliphatic carboxylic acids is 1. The van der Waals surface area contributed by atoms with Gasteiger partial charge in [-0.05, 0) is 6.92 Å². The van der Waals surface area contributed by atoms with Gasteiger partial charge in [0.25, 0.3) is 0 Å². The van der Waals surface area contributed by atoms with Crippen LogP contribution in [-0.2, 0) is 23.9 Å². The number of carbonyl (C=O) groups excluding carboxylic acids is 3. The fourth-order valence-corrected chi connectivity index (χ4v) is 0.977. The van der Waals surface area contributed by atoms with Gasteiger partial charge in [-0.2, -0.15) is 0 Å². The maximum absolute atomic E-state index is 11.3. The Balaban J connectivity index is 4.38. The molecule has 9 nitrogen and oxygen atoms in total. The minimum atomic E-state index is -1.32. The van der Waals surface area contributed by atoms with E-state index in [0.29, 0.717) is 0 Å². The molecule has 0 aliphatic rings. The lowest BCUT2D eigenvalue weighted by Gasteiger charge is -2.16. The fraction of sp³-hybridized carbons (Fsp3) is 0.455. The number of esters is 1. The van der Waals surface area contributed by atoms with Gasteiger partial charge in [0.05, 0.1) is 13.2 Å². The van der Waals surface area contributed by atoms with Crippen LogP contribution >= 0.6 is 0 Å². The molecule has 0 rings (SSSR count). The SMILES string of the molecule is COC(=O)/C=C/C(=O)NC[C@@H](NC(=O)[C@H](C)N)C(=O)O. The van der Waals surface area contributed by atoms with Crippen LogP contribution < -0.4 is 16.4 Å². The van der Waals surface area contributed by atoms with Crippen LogP contribution in [0.25, 0.3) is 0 Å². The normalized spacial score (nSPS) is 13.3. The molecule has 0 aromatic rings. The first-order valence-corrected chi connectivity index (χ1v) is 5.60. The number of amides is 2. The second-order valence-electron chi connectivity index (χ2n) is 3.79. The van der Waals surface area contributed by atoms with E-state index in [-0.39, 0.29) is 6.54 Å². The summed E-state index contributed by atoms with van der Waals surface area (Å²) >= 11 is 0. The van der Waals surface area contributed by atoms with Gasteiger partial charge in [-0.15, -0.1) is 0 Å². The van der Waals surface area contributed by atoms with Crippen molar-refractivity contribution in [1.29, 1.82) is 0 Å². The summed E-state index contributed by atoms with van der Waals surface area (Å²) in [6, 6.07) is -2.18. The maximum Gasteiger partial charge on any atom is 0.330 e. The van der Waals surface area contributed by atoms with Gasteiger partial charge in [0, 0.05) is 18.7 Å². The minimum Gasteiger partial charge on any atom is -0.480 e. The first kappa shape index (κ1) is 17.6. The molecular weight excluding hydrogens is 270 g/mol. The second kappa shape index (κ2) is 8.64. The van der Waals surface area contributed by atoms with Crippen LogP contribution in [0.1, 0.15) is 6.92 Å². The lowest BCUT2D eigenvalue weighted by atomic mass is 10.2. The van der Waals surface area contributed by atoms with Crippen molar-refractivity contribution in [3.8, 4) is 0 Å². The molecule has 0 aromatic carbocycles. The third-order valence-corrected chi connectivity index (χ3v) is 2.08. The standard InChI is InChI=1S/C11H17N3O6/c1-6(12)10(17)14-7(11(18)19)5-13-8(15)3-4-9(16)20-2/h3-4,6-7H,5,12H2,1-2H3,(H,13,15)(H,14,17)(H,18,19)/b4-3+/t6-,7+/m0/s1. The lowest BCUT2D eigenvalue weighted by Crippen LogP contribution is -2.52. The van der Waals surface area contributed by atoms with E-state index < -0.39 is 35.8 Å². The van der Waals surface area contributed by atoms with Crippen molar-refractivity contribution in [3.63, 3.8) is 0 Å². The average molecular weight is 287 g/mol. The molecule has 2 amide bonds. The number of rotatable bonds is 7. The Kier molecular flexibility index (Phi) is 7.60. The summed E-state index contributed by atoms with van der Waals surface area (Å²) in [5, 5.41) is 13.2. The Morgan fingerprint density at radius 2 is 1.90 bits per heavy atom. The molecule has 0 aliphatic carbocycles. The number of hydrogen-bond donors (Lipinski definition) is 4. The molecule has 112 valence electrons. The molecule has 0 saturated heterocycles. The van der Waals surface area contributed by atoms with Crippen LogP contribution in [0.15, 0.2) is 12.2 Å². The number of nitrogens with two attached hydrogens (primary N) is 1. The Morgan fingerprint density at radius 3 is 2.35 bits per heavy atom. The molecule has 0 bridgehead atoms. The first-order valence-electron chi connectivity index (χ1n) is 5.60. The van der Waals surface area contributed by atoms with Crippen LogP contribution in [0.4, 0.5) is 0 Å². The van der Waals surface area contributed by atoms with E-state index in [4.69, 9.17) is 10.8 Å². The molecule has 0 aliphatic heterocycles. The van der Waals surface area contributed by atoms with Gasteiger partial charge >= 0.3 is 11.9 Å². The number of carboxylic acids is 1. The summed E-state index contributed by atoms with van der Waals surface area (Å²) in [7, 11) is 1.15. The predicted molar refractivity (Wildman–Crippen MR) is 67.4 cm³/mol. The van der Waals surface area contributed by atoms with Gasteiger partial charge in [0.1, 0.15) is 6.04 Å². The summed E-state index contributed by atoms with van der Waals surface area (Å²) in [5.41, 5.74) is 5.28. The summed E-state index contributed by atoms with van der Waals surface area (Å²) in [4.78, 5) is 44.2. The van der Waals surface area contributed by atoms with Crippen molar-refractivity contribution < 1.29 is 29.0 Å². The Bertz CT molecular complexity index is 418. The van der Waals surface area contributed by atoms with E-state index in [0.717, 1.165) is 19.3 Å². The smallest absolute Gasteiger partial charge is 0.330 e. The third kappa shape index (κ3) is 7.11. The molecule has 9 heteroatoms. The van der Waals surface area contributed by atoms with E-state index in [9.17, 15) is 19.2 Å². The highest BCUT2D eigenvalue weighted by Gasteiger charge is 2.21. The van der Waals surface area contributed by atoms with E-state index in [1.165, 1.54) is 6.92 Å². The quantitative estimate of drug-likeness (QED) is 0.305. The number of nitrogens with one attached hydrogen (secondary N) is 2. The van der Waals surface area contributed by atoms with Crippen molar-refractivity contribution in [2.75, 3.05) is 13.7 Å². The zero-order chi connectivity index (χ0) is 15.7. The molecule has 2 atom stereocenters. The summed E-state index contributed by atoms with van der Waals surface area (Å²) in [6.45, 7) is 1.05. The van der Waals surface area contributed by atoms with Crippen molar-refractivity contribution in [2.45, 2.75) is 19.0 Å². The van der Waals surface area contributed by atoms with Crippen LogP contribution in [0.3, 0.4) is 0 Å². The monoisotopic (exact) mass is 287 g/mol. The van der Waals surface area contributed by atoms with Gasteiger partial charge in [0.15, 0.2) is 0 Å². The summed E-state index contributed by atoms with van der Waals surface area (Å²) in [6.07, 6.45) is 1.77. The van der Waals surface area contributed by atoms with E-state index >= 15 is 0 Å². The topological polar surface area (TPSA) is 148 Å².